The van der Waals surface area contributed by atoms with E-state index in [4.69, 9.17) is 28.4 Å². The first-order valence-corrected chi connectivity index (χ1v) is 23.9. The Balaban J connectivity index is 1.06. The Morgan fingerprint density at radius 3 is 1.98 bits per heavy atom. The van der Waals surface area contributed by atoms with E-state index < -0.39 is 134 Å². The molecule has 5 aliphatic carbocycles. The van der Waals surface area contributed by atoms with Crippen LogP contribution in [0, 0.1) is 56.7 Å². The lowest BCUT2D eigenvalue weighted by Crippen LogP contribution is -2.70. The second-order valence-corrected chi connectivity index (χ2v) is 22.7. The van der Waals surface area contributed by atoms with Gasteiger partial charge in [0.25, 0.3) is 0 Å². The van der Waals surface area contributed by atoms with E-state index in [1.54, 1.807) is 6.92 Å². The maximum atomic E-state index is 12.6. The summed E-state index contributed by atoms with van der Waals surface area (Å²) in [5.74, 6) is 0.471. The van der Waals surface area contributed by atoms with Crippen LogP contribution in [0.5, 0.6) is 0 Å². The number of hydrogen-bond donors (Lipinski definition) is 11. The number of hydrogen-bond acceptors (Lipinski definition) is 17. The van der Waals surface area contributed by atoms with Crippen LogP contribution >= 0.6 is 0 Å². The molecule has 0 unspecified atom stereocenters. The van der Waals surface area contributed by atoms with E-state index in [9.17, 15) is 56.2 Å². The fraction of sp³-hybridized carbons (Fsp3) is 0.957. The smallest absolute Gasteiger partial charge is 0.187 e. The summed E-state index contributed by atoms with van der Waals surface area (Å²) in [6, 6.07) is 0. The zero-order chi connectivity index (χ0) is 46.8. The van der Waals surface area contributed by atoms with Crippen LogP contribution in [-0.2, 0) is 28.4 Å². The minimum absolute atomic E-state index is 0.0387. The molecular formula is C47H78O17. The number of fused-ring (bicyclic) bond motifs is 7. The number of allylic oxidation sites excluding steroid dienone is 1. The fourth-order valence-corrected chi connectivity index (χ4v) is 15.2. The molecule has 11 N–H and O–H groups in total. The van der Waals surface area contributed by atoms with Gasteiger partial charge in [0.15, 0.2) is 18.9 Å². The van der Waals surface area contributed by atoms with Crippen molar-refractivity contribution in [3.8, 4) is 0 Å². The summed E-state index contributed by atoms with van der Waals surface area (Å²) in [4.78, 5) is 0. The van der Waals surface area contributed by atoms with Crippen molar-refractivity contribution >= 4 is 0 Å². The van der Waals surface area contributed by atoms with E-state index >= 15 is 0 Å². The molecule has 3 aliphatic heterocycles. The van der Waals surface area contributed by atoms with E-state index in [-0.39, 0.29) is 41.1 Å². The molecule has 17 heteroatoms. The van der Waals surface area contributed by atoms with Gasteiger partial charge in [0, 0.05) is 11.3 Å². The van der Waals surface area contributed by atoms with E-state index in [1.165, 1.54) is 5.57 Å². The lowest BCUT2D eigenvalue weighted by atomic mass is 9.32. The van der Waals surface area contributed by atoms with Crippen LogP contribution in [0.3, 0.4) is 0 Å². The molecule has 26 atom stereocenters. The molecule has 0 radical (unpaired) electrons. The van der Waals surface area contributed by atoms with Gasteiger partial charge in [-0.2, -0.15) is 0 Å². The van der Waals surface area contributed by atoms with Gasteiger partial charge < -0.3 is 84.6 Å². The van der Waals surface area contributed by atoms with Gasteiger partial charge >= 0.3 is 0 Å². The van der Waals surface area contributed by atoms with Gasteiger partial charge in [-0.05, 0) is 97.2 Å². The Hall–Kier alpha value is -0.940. The van der Waals surface area contributed by atoms with Gasteiger partial charge in [-0.1, -0.05) is 60.1 Å². The summed E-state index contributed by atoms with van der Waals surface area (Å²) < 4.78 is 36.6. The van der Waals surface area contributed by atoms with Crippen LogP contribution in [0.15, 0.2) is 11.6 Å². The van der Waals surface area contributed by atoms with Gasteiger partial charge in [0.1, 0.15) is 61.0 Å². The van der Waals surface area contributed by atoms with Crippen LogP contribution in [0.2, 0.25) is 0 Å². The highest BCUT2D eigenvalue weighted by Crippen LogP contribution is 2.76. The first-order valence-electron chi connectivity index (χ1n) is 23.9. The molecule has 4 saturated carbocycles. The SMILES string of the molecule is C[C@H]1[C@H](C)CC[C@]2(CO)[C@H](O)C[C@]3(C)C(=C[C@@H](O)[C@@H]4[C@@]5(C)CC[C@H](O[C@@H]6O[C@H](C)[C@@H](O)[C@@H](O)[C@H]6O[C@@H]6O[C@H](CO)[C@@H](O)[C@H](O)[C@H]6O[C@@H]6OC[C@@H](O)[C@H](O)[C@H]6O)C(C)(C)[C@@H]5CC[C@]43C)[C@H]12. The standard InChI is InChI=1S/C47H78O17/c1-20-9-14-47(19-49)28(52)16-46(8)23(30(47)21(20)2)15-24(50)39-44(6)12-11-29(43(4,5)27(44)10-13-45(39,46)7)62-41-37(34(56)31(53)22(3)60-41)64-42-38(35(57)33(55)26(17-48)61-42)63-40-36(58)32(54)25(51)18-59-40/h15,20-22,24-42,48-58H,9-14,16-19H2,1-8H3/t20-,21+,22-,24-,25-,26-,27+,28-,29+,30+,31-,32+,33-,34-,35+,36-,37-,38-,39-,40+,41+,42+,44+,45-,46-,47+/m1/s1. The summed E-state index contributed by atoms with van der Waals surface area (Å²) in [7, 11) is 0. The second kappa shape index (κ2) is 17.5. The van der Waals surface area contributed by atoms with Crippen molar-refractivity contribution in [2.45, 2.75) is 205 Å². The van der Waals surface area contributed by atoms with E-state index in [0.29, 0.717) is 25.2 Å². The molecule has 0 spiro atoms. The normalized spacial score (nSPS) is 57.4. The molecule has 64 heavy (non-hydrogen) atoms. The lowest BCUT2D eigenvalue weighted by Gasteiger charge is -2.73. The Morgan fingerprint density at radius 1 is 0.688 bits per heavy atom. The highest BCUT2D eigenvalue weighted by molar-refractivity contribution is 5.37. The Bertz CT molecular complexity index is 1700. The maximum absolute atomic E-state index is 12.6. The first kappa shape index (κ1) is 49.5. The molecule has 0 aromatic heterocycles. The number of rotatable bonds is 8. The molecule has 0 aromatic rings. The van der Waals surface area contributed by atoms with Crippen molar-refractivity contribution < 1.29 is 84.6 Å². The van der Waals surface area contributed by atoms with Gasteiger partial charge in [0.2, 0.25) is 0 Å². The Morgan fingerprint density at radius 2 is 1.33 bits per heavy atom. The summed E-state index contributed by atoms with van der Waals surface area (Å²) in [5.41, 5.74) is -1.16. The topological polar surface area (TPSA) is 278 Å². The predicted molar refractivity (Wildman–Crippen MR) is 225 cm³/mol. The first-order chi connectivity index (χ1) is 29.9. The Labute approximate surface area is 376 Å². The maximum Gasteiger partial charge on any atom is 0.187 e. The minimum atomic E-state index is -1.81. The van der Waals surface area contributed by atoms with Crippen molar-refractivity contribution in [2.75, 3.05) is 19.8 Å². The van der Waals surface area contributed by atoms with Gasteiger partial charge in [0.05, 0.1) is 44.2 Å². The van der Waals surface area contributed by atoms with Crippen LogP contribution in [0.25, 0.3) is 0 Å². The van der Waals surface area contributed by atoms with Crippen molar-refractivity contribution in [2.24, 2.45) is 56.7 Å². The van der Waals surface area contributed by atoms with Crippen LogP contribution in [-0.4, -0.2) is 180 Å². The molecule has 17 nitrogen and oxygen atoms in total. The van der Waals surface area contributed by atoms with E-state index in [1.807, 2.05) is 0 Å². The van der Waals surface area contributed by atoms with Crippen molar-refractivity contribution in [3.05, 3.63) is 11.6 Å². The monoisotopic (exact) mass is 915 g/mol. The van der Waals surface area contributed by atoms with Gasteiger partial charge in [-0.3, -0.25) is 0 Å². The summed E-state index contributed by atoms with van der Waals surface area (Å²) in [5, 5.41) is 122. The number of aliphatic hydroxyl groups is 11. The van der Waals surface area contributed by atoms with Gasteiger partial charge in [-0.15, -0.1) is 0 Å². The molecule has 3 saturated heterocycles. The highest BCUT2D eigenvalue weighted by atomic mass is 16.8. The number of ether oxygens (including phenoxy) is 6. The third-order valence-corrected chi connectivity index (χ3v) is 19.4. The average molecular weight is 915 g/mol. The summed E-state index contributed by atoms with van der Waals surface area (Å²) in [6.07, 6.45) is -16.3. The largest absolute Gasteiger partial charge is 0.396 e. The third-order valence-electron chi connectivity index (χ3n) is 19.4. The van der Waals surface area contributed by atoms with Crippen molar-refractivity contribution in [1.29, 1.82) is 0 Å². The zero-order valence-electron chi connectivity index (χ0n) is 38.7. The summed E-state index contributed by atoms with van der Waals surface area (Å²) >= 11 is 0. The van der Waals surface area contributed by atoms with E-state index in [2.05, 4.69) is 54.5 Å². The molecule has 8 aliphatic rings. The molecule has 0 amide bonds. The molecule has 0 aromatic carbocycles. The lowest BCUT2D eigenvalue weighted by molar-refractivity contribution is -0.393. The molecule has 7 fully saturated rings. The number of aliphatic hydroxyl groups excluding tert-OH is 11. The van der Waals surface area contributed by atoms with Crippen molar-refractivity contribution in [1.82, 2.24) is 0 Å². The molecule has 8 rings (SSSR count). The van der Waals surface area contributed by atoms with Crippen molar-refractivity contribution in [3.63, 3.8) is 0 Å². The molecule has 368 valence electrons. The van der Waals surface area contributed by atoms with Crippen LogP contribution in [0.4, 0.5) is 0 Å². The summed E-state index contributed by atoms with van der Waals surface area (Å²) in [6.45, 7) is 16.1. The quantitative estimate of drug-likeness (QED) is 0.114. The predicted octanol–water partition coefficient (Wildman–Crippen LogP) is 0.0781. The molecule has 0 bridgehead atoms. The van der Waals surface area contributed by atoms with Crippen LogP contribution < -0.4 is 0 Å². The zero-order valence-corrected chi connectivity index (χ0v) is 38.7. The fourth-order valence-electron chi connectivity index (χ4n) is 15.2. The molecular weight excluding hydrogens is 836 g/mol. The highest BCUT2D eigenvalue weighted by Gasteiger charge is 2.72. The second-order valence-electron chi connectivity index (χ2n) is 22.7. The van der Waals surface area contributed by atoms with Crippen LogP contribution in [0.1, 0.15) is 100 Å². The van der Waals surface area contributed by atoms with E-state index in [0.717, 1.165) is 25.7 Å². The third kappa shape index (κ3) is 7.35. The Kier molecular flexibility index (Phi) is 13.5. The van der Waals surface area contributed by atoms with Gasteiger partial charge in [-0.25, -0.2) is 0 Å². The average Bonchev–Trinajstić information content (AvgIpc) is 3.23. The molecule has 3 heterocycles. The minimum Gasteiger partial charge on any atom is -0.396 e.